The second kappa shape index (κ2) is 7.62. The lowest BCUT2D eigenvalue weighted by Crippen LogP contribution is -2.34. The number of ether oxygens (including phenoxy) is 1. The van der Waals surface area contributed by atoms with Gasteiger partial charge in [-0.05, 0) is 37.0 Å². The van der Waals surface area contributed by atoms with Gasteiger partial charge < -0.3 is 9.64 Å². The molecule has 0 N–H and O–H groups in total. The zero-order chi connectivity index (χ0) is 15.1. The number of piperidine rings is 1. The number of halogens is 1. The molecule has 0 aliphatic carbocycles. The summed E-state index contributed by atoms with van der Waals surface area (Å²) in [5.41, 5.74) is 0.725. The Balaban J connectivity index is 1.90. The van der Waals surface area contributed by atoms with Crippen LogP contribution in [-0.2, 0) is 4.79 Å². The van der Waals surface area contributed by atoms with Gasteiger partial charge in [-0.15, -0.1) is 0 Å². The van der Waals surface area contributed by atoms with Gasteiger partial charge in [0.2, 0.25) is 5.91 Å². The van der Waals surface area contributed by atoms with E-state index in [2.05, 4.69) is 0 Å². The quantitative estimate of drug-likeness (QED) is 0.628. The van der Waals surface area contributed by atoms with Gasteiger partial charge in [0.05, 0.1) is 7.11 Å². The van der Waals surface area contributed by atoms with Crippen LogP contribution in [0, 0.1) is 5.82 Å². The summed E-state index contributed by atoms with van der Waals surface area (Å²) in [4.78, 5) is 13.7. The molecule has 2 rings (SSSR count). The lowest BCUT2D eigenvalue weighted by atomic mass is 10.1. The molecular formula is C17H20FNO2. The third-order valence-electron chi connectivity index (χ3n) is 3.48. The van der Waals surface area contributed by atoms with Crippen LogP contribution in [0.1, 0.15) is 24.8 Å². The van der Waals surface area contributed by atoms with Gasteiger partial charge in [-0.3, -0.25) is 4.79 Å². The van der Waals surface area contributed by atoms with Crippen LogP contribution in [0.5, 0.6) is 5.75 Å². The van der Waals surface area contributed by atoms with Crippen molar-refractivity contribution in [1.29, 1.82) is 0 Å². The Morgan fingerprint density at radius 1 is 1.24 bits per heavy atom. The van der Waals surface area contributed by atoms with Crippen molar-refractivity contribution >= 4 is 12.0 Å². The van der Waals surface area contributed by atoms with E-state index in [9.17, 15) is 9.18 Å². The Labute approximate surface area is 124 Å². The lowest BCUT2D eigenvalue weighted by Gasteiger charge is -2.25. The number of likely N-dealkylation sites (tertiary alicyclic amines) is 1. The van der Waals surface area contributed by atoms with Crippen LogP contribution in [0.15, 0.2) is 36.4 Å². The van der Waals surface area contributed by atoms with Crippen molar-refractivity contribution in [2.45, 2.75) is 19.3 Å². The number of hydrogen-bond donors (Lipinski definition) is 0. The summed E-state index contributed by atoms with van der Waals surface area (Å²) < 4.78 is 18.4. The van der Waals surface area contributed by atoms with Crippen LogP contribution in [0.3, 0.4) is 0 Å². The van der Waals surface area contributed by atoms with Crippen molar-refractivity contribution in [2.75, 3.05) is 20.2 Å². The fraction of sp³-hybridized carbons (Fsp3) is 0.353. The molecule has 0 bridgehead atoms. The Bertz CT molecular complexity index is 546. The molecule has 0 saturated carbocycles. The van der Waals surface area contributed by atoms with Gasteiger partial charge in [-0.25, -0.2) is 4.39 Å². The number of allylic oxidation sites excluding steroid dienone is 2. The van der Waals surface area contributed by atoms with Gasteiger partial charge in [-0.1, -0.05) is 24.3 Å². The average Bonchev–Trinajstić information content (AvgIpc) is 2.52. The van der Waals surface area contributed by atoms with E-state index in [0.29, 0.717) is 0 Å². The standard InChI is InChI=1S/C17H20FNO2/c1-21-16-10-9-14(13-15(16)18)7-3-4-8-17(20)19-11-5-2-6-12-19/h3-4,7-10,13H,2,5-6,11-12H2,1H3/b7-3+,8-4+. The second-order valence-electron chi connectivity index (χ2n) is 5.00. The van der Waals surface area contributed by atoms with E-state index in [1.54, 1.807) is 36.4 Å². The number of carbonyl (C=O) groups excluding carboxylic acids is 1. The molecule has 21 heavy (non-hydrogen) atoms. The summed E-state index contributed by atoms with van der Waals surface area (Å²) in [5, 5.41) is 0. The van der Waals surface area contributed by atoms with Crippen molar-refractivity contribution in [3.8, 4) is 5.75 Å². The predicted octanol–water partition coefficient (Wildman–Crippen LogP) is 3.42. The van der Waals surface area contributed by atoms with Crippen molar-refractivity contribution in [2.24, 2.45) is 0 Å². The Kier molecular flexibility index (Phi) is 5.55. The predicted molar refractivity (Wildman–Crippen MR) is 81.6 cm³/mol. The molecule has 1 amide bonds. The summed E-state index contributed by atoms with van der Waals surface area (Å²) in [6.45, 7) is 1.69. The van der Waals surface area contributed by atoms with Crippen molar-refractivity contribution in [1.82, 2.24) is 4.90 Å². The molecule has 0 spiro atoms. The maximum atomic E-state index is 13.5. The Morgan fingerprint density at radius 2 is 2.00 bits per heavy atom. The van der Waals surface area contributed by atoms with Gasteiger partial charge in [0.25, 0.3) is 0 Å². The van der Waals surface area contributed by atoms with Crippen LogP contribution in [0.2, 0.25) is 0 Å². The number of methoxy groups -OCH3 is 1. The minimum Gasteiger partial charge on any atom is -0.494 e. The highest BCUT2D eigenvalue weighted by atomic mass is 19.1. The fourth-order valence-corrected chi connectivity index (χ4v) is 2.31. The highest BCUT2D eigenvalue weighted by Gasteiger charge is 2.13. The first-order valence-electron chi connectivity index (χ1n) is 7.18. The molecule has 112 valence electrons. The maximum Gasteiger partial charge on any atom is 0.246 e. The number of rotatable bonds is 4. The molecule has 1 fully saturated rings. The fourth-order valence-electron chi connectivity index (χ4n) is 2.31. The topological polar surface area (TPSA) is 29.5 Å². The van der Waals surface area contributed by atoms with Gasteiger partial charge >= 0.3 is 0 Å². The van der Waals surface area contributed by atoms with Crippen molar-refractivity contribution in [3.63, 3.8) is 0 Å². The Hall–Kier alpha value is -2.10. The monoisotopic (exact) mass is 289 g/mol. The average molecular weight is 289 g/mol. The first-order valence-corrected chi connectivity index (χ1v) is 7.18. The van der Waals surface area contributed by atoms with E-state index >= 15 is 0 Å². The largest absolute Gasteiger partial charge is 0.494 e. The number of amides is 1. The van der Waals surface area contributed by atoms with E-state index in [1.165, 1.54) is 19.6 Å². The van der Waals surface area contributed by atoms with Crippen LogP contribution < -0.4 is 4.74 Å². The normalized spacial score (nSPS) is 15.8. The molecule has 3 nitrogen and oxygen atoms in total. The molecule has 0 aromatic heterocycles. The maximum absolute atomic E-state index is 13.5. The van der Waals surface area contributed by atoms with Crippen LogP contribution in [-0.4, -0.2) is 31.0 Å². The van der Waals surface area contributed by atoms with E-state index in [0.717, 1.165) is 31.5 Å². The third kappa shape index (κ3) is 4.45. The first kappa shape index (κ1) is 15.3. The summed E-state index contributed by atoms with van der Waals surface area (Å²) in [6, 6.07) is 4.74. The van der Waals surface area contributed by atoms with Gasteiger partial charge in [0.15, 0.2) is 11.6 Å². The zero-order valence-corrected chi connectivity index (χ0v) is 12.2. The summed E-state index contributed by atoms with van der Waals surface area (Å²) >= 11 is 0. The van der Waals surface area contributed by atoms with Crippen molar-refractivity contribution in [3.05, 3.63) is 47.8 Å². The molecule has 1 heterocycles. The zero-order valence-electron chi connectivity index (χ0n) is 12.2. The van der Waals surface area contributed by atoms with Crippen LogP contribution in [0.25, 0.3) is 6.08 Å². The highest BCUT2D eigenvalue weighted by molar-refractivity contribution is 5.88. The molecule has 1 saturated heterocycles. The third-order valence-corrected chi connectivity index (χ3v) is 3.48. The number of carbonyl (C=O) groups is 1. The Morgan fingerprint density at radius 3 is 2.67 bits per heavy atom. The molecule has 0 radical (unpaired) electrons. The molecule has 1 aromatic rings. The second-order valence-corrected chi connectivity index (χ2v) is 5.00. The van der Waals surface area contributed by atoms with E-state index < -0.39 is 5.82 Å². The SMILES string of the molecule is COc1ccc(/C=C/C=C/C(=O)N2CCCCC2)cc1F. The molecule has 0 unspecified atom stereocenters. The van der Waals surface area contributed by atoms with E-state index in [4.69, 9.17) is 4.74 Å². The molecule has 1 aromatic carbocycles. The van der Waals surface area contributed by atoms with E-state index in [-0.39, 0.29) is 11.7 Å². The summed E-state index contributed by atoms with van der Waals surface area (Å²) in [7, 11) is 1.43. The van der Waals surface area contributed by atoms with Crippen LogP contribution >= 0.6 is 0 Å². The minimum atomic E-state index is -0.395. The smallest absolute Gasteiger partial charge is 0.246 e. The summed E-state index contributed by atoms with van der Waals surface area (Å²) in [6.07, 6.45) is 10.1. The molecular weight excluding hydrogens is 269 g/mol. The number of nitrogens with zero attached hydrogens (tertiary/aromatic N) is 1. The van der Waals surface area contributed by atoms with Crippen molar-refractivity contribution < 1.29 is 13.9 Å². The molecule has 0 atom stereocenters. The van der Waals surface area contributed by atoms with E-state index in [1.807, 2.05) is 4.90 Å². The van der Waals surface area contributed by atoms with Crippen LogP contribution in [0.4, 0.5) is 4.39 Å². The summed E-state index contributed by atoms with van der Waals surface area (Å²) in [5.74, 6) is -0.128. The van der Waals surface area contributed by atoms with Gasteiger partial charge in [0.1, 0.15) is 0 Å². The molecule has 4 heteroatoms. The first-order chi connectivity index (χ1) is 10.2. The molecule has 1 aliphatic rings. The highest BCUT2D eigenvalue weighted by Crippen LogP contribution is 2.18. The van der Waals surface area contributed by atoms with Gasteiger partial charge in [0, 0.05) is 19.2 Å². The number of hydrogen-bond acceptors (Lipinski definition) is 2. The van der Waals surface area contributed by atoms with Gasteiger partial charge in [-0.2, -0.15) is 0 Å². The molecule has 1 aliphatic heterocycles. The lowest BCUT2D eigenvalue weighted by molar-refractivity contribution is -0.126. The minimum absolute atomic E-state index is 0.0419. The number of benzene rings is 1.